The molecule has 1 aromatic rings. The lowest BCUT2D eigenvalue weighted by Crippen LogP contribution is -2.54. The lowest BCUT2D eigenvalue weighted by atomic mass is 9.74. The molecule has 1 aliphatic carbocycles. The van der Waals surface area contributed by atoms with E-state index < -0.39 is 11.5 Å². The first kappa shape index (κ1) is 14.3. The van der Waals surface area contributed by atoms with E-state index in [0.29, 0.717) is 0 Å². The lowest BCUT2D eigenvalue weighted by molar-refractivity contribution is -0.140. The summed E-state index contributed by atoms with van der Waals surface area (Å²) in [6.07, 6.45) is 5.68. The number of hydrogen-bond acceptors (Lipinski definition) is 2. The molecule has 2 rings (SSSR count). The van der Waals surface area contributed by atoms with Gasteiger partial charge in [0.1, 0.15) is 0 Å². The Bertz CT molecular complexity index is 544. The molecule has 1 fully saturated rings. The van der Waals surface area contributed by atoms with Crippen molar-refractivity contribution in [3.05, 3.63) is 41.5 Å². The molecular formula is C16H19NO3. The van der Waals surface area contributed by atoms with E-state index >= 15 is 0 Å². The highest BCUT2D eigenvalue weighted by Gasteiger charge is 2.39. The fraction of sp³-hybridized carbons (Fsp3) is 0.375. The summed E-state index contributed by atoms with van der Waals surface area (Å²) in [7, 11) is 0. The fourth-order valence-corrected chi connectivity index (χ4v) is 2.48. The molecule has 106 valence electrons. The number of carbonyl (C=O) groups excluding carboxylic acids is 1. The van der Waals surface area contributed by atoms with Gasteiger partial charge in [-0.1, -0.05) is 24.3 Å². The topological polar surface area (TPSA) is 66.4 Å². The second-order valence-corrected chi connectivity index (χ2v) is 5.38. The van der Waals surface area contributed by atoms with Crippen molar-refractivity contribution in [1.29, 1.82) is 0 Å². The number of hydrogen-bond donors (Lipinski definition) is 2. The van der Waals surface area contributed by atoms with Crippen molar-refractivity contribution < 1.29 is 14.7 Å². The second kappa shape index (κ2) is 5.90. The minimum Gasteiger partial charge on any atom is -0.481 e. The largest absolute Gasteiger partial charge is 0.481 e. The van der Waals surface area contributed by atoms with Crippen LogP contribution < -0.4 is 5.32 Å². The fourth-order valence-electron chi connectivity index (χ4n) is 2.48. The minimum absolute atomic E-state index is 0.00303. The van der Waals surface area contributed by atoms with Crippen molar-refractivity contribution in [3.8, 4) is 0 Å². The van der Waals surface area contributed by atoms with Crippen LogP contribution in [0, 0.1) is 6.92 Å². The summed E-state index contributed by atoms with van der Waals surface area (Å²) in [5.41, 5.74) is 1.54. The number of rotatable bonds is 5. The van der Waals surface area contributed by atoms with Gasteiger partial charge in [0.15, 0.2) is 0 Å². The molecule has 0 heterocycles. The summed E-state index contributed by atoms with van der Waals surface area (Å²) in [5, 5.41) is 11.7. The van der Waals surface area contributed by atoms with Gasteiger partial charge in [0, 0.05) is 6.08 Å². The summed E-state index contributed by atoms with van der Waals surface area (Å²) in [4.78, 5) is 22.8. The number of aliphatic carboxylic acids is 1. The molecule has 0 saturated heterocycles. The van der Waals surface area contributed by atoms with Gasteiger partial charge in [0.05, 0.1) is 12.0 Å². The highest BCUT2D eigenvalue weighted by molar-refractivity contribution is 5.92. The zero-order valence-corrected chi connectivity index (χ0v) is 11.6. The van der Waals surface area contributed by atoms with Crippen LogP contribution in [0.2, 0.25) is 0 Å². The van der Waals surface area contributed by atoms with Gasteiger partial charge >= 0.3 is 5.97 Å². The summed E-state index contributed by atoms with van der Waals surface area (Å²) in [6.45, 7) is 1.98. The van der Waals surface area contributed by atoms with Crippen LogP contribution in [0.15, 0.2) is 30.3 Å². The van der Waals surface area contributed by atoms with Gasteiger partial charge in [0.25, 0.3) is 0 Å². The molecule has 0 atom stereocenters. The Morgan fingerprint density at radius 3 is 2.60 bits per heavy atom. The van der Waals surface area contributed by atoms with Gasteiger partial charge in [-0.15, -0.1) is 0 Å². The molecule has 1 aromatic carbocycles. The maximum Gasteiger partial charge on any atom is 0.305 e. The molecule has 4 nitrogen and oxygen atoms in total. The van der Waals surface area contributed by atoms with Crippen molar-refractivity contribution in [3.63, 3.8) is 0 Å². The first-order valence-electron chi connectivity index (χ1n) is 6.78. The monoisotopic (exact) mass is 273 g/mol. The molecule has 1 aliphatic rings. The van der Waals surface area contributed by atoms with Crippen LogP contribution in [0.5, 0.6) is 0 Å². The van der Waals surface area contributed by atoms with Crippen LogP contribution in [0.4, 0.5) is 0 Å². The zero-order valence-electron chi connectivity index (χ0n) is 11.6. The molecule has 20 heavy (non-hydrogen) atoms. The van der Waals surface area contributed by atoms with Crippen LogP contribution in [-0.2, 0) is 9.59 Å². The van der Waals surface area contributed by atoms with E-state index in [2.05, 4.69) is 5.32 Å². The van der Waals surface area contributed by atoms with Crippen LogP contribution in [0.25, 0.3) is 6.08 Å². The highest BCUT2D eigenvalue weighted by Crippen LogP contribution is 2.34. The van der Waals surface area contributed by atoms with Crippen molar-refractivity contribution in [2.45, 2.75) is 38.1 Å². The number of aryl methyl sites for hydroxylation is 1. The maximum atomic E-state index is 11.9. The zero-order chi connectivity index (χ0) is 14.6. The first-order valence-corrected chi connectivity index (χ1v) is 6.78. The number of carbonyl (C=O) groups is 2. The van der Waals surface area contributed by atoms with Gasteiger partial charge in [-0.25, -0.2) is 0 Å². The number of amides is 1. The molecule has 1 saturated carbocycles. The predicted octanol–water partition coefficient (Wildman–Crippen LogP) is 2.52. The minimum atomic E-state index is -0.868. The molecule has 1 amide bonds. The van der Waals surface area contributed by atoms with Gasteiger partial charge in [-0.3, -0.25) is 9.59 Å². The molecule has 0 radical (unpaired) electrons. The van der Waals surface area contributed by atoms with Gasteiger partial charge in [-0.2, -0.15) is 0 Å². The van der Waals surface area contributed by atoms with Crippen molar-refractivity contribution >= 4 is 18.0 Å². The van der Waals surface area contributed by atoms with E-state index in [1.165, 1.54) is 6.08 Å². The molecule has 0 aliphatic heterocycles. The van der Waals surface area contributed by atoms with Crippen LogP contribution in [-0.4, -0.2) is 22.5 Å². The third kappa shape index (κ3) is 3.47. The van der Waals surface area contributed by atoms with Gasteiger partial charge in [-0.05, 0) is 43.4 Å². The third-order valence-electron chi connectivity index (χ3n) is 3.79. The standard InChI is InChI=1S/C16H19NO3/c1-12-5-2-3-6-13(12)7-8-14(18)17-16(9-4-10-16)11-15(19)20/h2-3,5-8H,4,9-11H2,1H3,(H,17,18)(H,19,20). The number of nitrogens with one attached hydrogen (secondary N) is 1. The smallest absolute Gasteiger partial charge is 0.305 e. The average Bonchev–Trinajstić information content (AvgIpc) is 2.34. The summed E-state index contributed by atoms with van der Waals surface area (Å²) in [5.74, 6) is -1.10. The average molecular weight is 273 g/mol. The van der Waals surface area contributed by atoms with E-state index in [1.807, 2.05) is 31.2 Å². The Balaban J connectivity index is 1.98. The predicted molar refractivity (Wildman–Crippen MR) is 77.2 cm³/mol. The Labute approximate surface area is 118 Å². The van der Waals surface area contributed by atoms with E-state index in [-0.39, 0.29) is 12.3 Å². The van der Waals surface area contributed by atoms with E-state index in [4.69, 9.17) is 5.11 Å². The normalized spacial score (nSPS) is 16.6. The number of carboxylic acid groups (broad SMARTS) is 1. The van der Waals surface area contributed by atoms with E-state index in [0.717, 1.165) is 30.4 Å². The molecular weight excluding hydrogens is 254 g/mol. The molecule has 0 unspecified atom stereocenters. The molecule has 4 heteroatoms. The van der Waals surface area contributed by atoms with Crippen molar-refractivity contribution in [2.24, 2.45) is 0 Å². The van der Waals surface area contributed by atoms with Gasteiger partial charge < -0.3 is 10.4 Å². The number of carboxylic acids is 1. The number of benzene rings is 1. The lowest BCUT2D eigenvalue weighted by Gasteiger charge is -2.41. The van der Waals surface area contributed by atoms with Crippen LogP contribution in [0.1, 0.15) is 36.8 Å². The quantitative estimate of drug-likeness (QED) is 0.810. The SMILES string of the molecule is Cc1ccccc1C=CC(=O)NC1(CC(=O)O)CCC1. The highest BCUT2D eigenvalue weighted by atomic mass is 16.4. The Kier molecular flexibility index (Phi) is 4.23. The van der Waals surface area contributed by atoms with Crippen molar-refractivity contribution in [1.82, 2.24) is 5.32 Å². The summed E-state index contributed by atoms with van der Waals surface area (Å²) in [6, 6.07) is 7.79. The van der Waals surface area contributed by atoms with E-state index in [9.17, 15) is 9.59 Å². The van der Waals surface area contributed by atoms with E-state index in [1.54, 1.807) is 6.08 Å². The molecule has 0 aromatic heterocycles. The second-order valence-electron chi connectivity index (χ2n) is 5.38. The maximum absolute atomic E-state index is 11.9. The molecule has 0 bridgehead atoms. The third-order valence-corrected chi connectivity index (χ3v) is 3.79. The Hall–Kier alpha value is -2.10. The molecule has 0 spiro atoms. The first-order chi connectivity index (χ1) is 9.51. The van der Waals surface area contributed by atoms with Gasteiger partial charge in [0.2, 0.25) is 5.91 Å². The van der Waals surface area contributed by atoms with Crippen LogP contribution in [0.3, 0.4) is 0 Å². The summed E-state index contributed by atoms with van der Waals surface area (Å²) < 4.78 is 0. The van der Waals surface area contributed by atoms with Crippen molar-refractivity contribution in [2.75, 3.05) is 0 Å². The molecule has 2 N–H and O–H groups in total. The summed E-state index contributed by atoms with van der Waals surface area (Å²) >= 11 is 0. The Morgan fingerprint density at radius 1 is 1.35 bits per heavy atom. The Morgan fingerprint density at radius 2 is 2.05 bits per heavy atom. The van der Waals surface area contributed by atoms with Crippen LogP contribution >= 0.6 is 0 Å².